The van der Waals surface area contributed by atoms with Gasteiger partial charge < -0.3 is 14.7 Å². The van der Waals surface area contributed by atoms with Crippen molar-refractivity contribution in [2.45, 2.75) is 58.1 Å². The molecule has 0 heterocycles. The molecule has 17 heavy (non-hydrogen) atoms. The Morgan fingerprint density at radius 2 is 2.06 bits per heavy atom. The molecule has 3 nitrogen and oxygen atoms in total. The second-order valence-electron chi connectivity index (χ2n) is 6.11. The van der Waals surface area contributed by atoms with Crippen LogP contribution in [0.2, 0.25) is 0 Å². The molecule has 0 aliphatic heterocycles. The van der Waals surface area contributed by atoms with Gasteiger partial charge in [-0.05, 0) is 51.1 Å². The number of methoxy groups -OCH3 is 1. The Morgan fingerprint density at radius 3 is 2.71 bits per heavy atom. The fraction of sp³-hybridized carbons (Fsp3) is 1.00. The molecule has 1 aliphatic rings. The SMILES string of the molecule is COCCCCN(C)C1CC(O)CCC1(C)C. The lowest BCUT2D eigenvalue weighted by atomic mass is 9.71. The Labute approximate surface area is 106 Å². The van der Waals surface area contributed by atoms with Crippen LogP contribution in [0.4, 0.5) is 0 Å². The average molecular weight is 243 g/mol. The summed E-state index contributed by atoms with van der Waals surface area (Å²) in [6.07, 6.45) is 5.20. The quantitative estimate of drug-likeness (QED) is 0.727. The molecule has 1 N–H and O–H groups in total. The molecule has 0 aromatic rings. The molecule has 1 aliphatic carbocycles. The number of unbranched alkanes of at least 4 members (excludes halogenated alkanes) is 1. The minimum atomic E-state index is -0.102. The molecule has 102 valence electrons. The largest absolute Gasteiger partial charge is 0.393 e. The van der Waals surface area contributed by atoms with Gasteiger partial charge in [0.2, 0.25) is 0 Å². The van der Waals surface area contributed by atoms with Gasteiger partial charge in [0, 0.05) is 19.8 Å². The molecule has 0 aromatic carbocycles. The fourth-order valence-corrected chi connectivity index (χ4v) is 2.94. The fourth-order valence-electron chi connectivity index (χ4n) is 2.94. The normalized spacial score (nSPS) is 28.6. The maximum absolute atomic E-state index is 9.82. The molecule has 0 amide bonds. The molecular weight excluding hydrogens is 214 g/mol. The molecule has 0 bridgehead atoms. The number of rotatable bonds is 6. The van der Waals surface area contributed by atoms with E-state index >= 15 is 0 Å². The molecule has 3 heteroatoms. The molecule has 0 radical (unpaired) electrons. The van der Waals surface area contributed by atoms with Gasteiger partial charge in [0.1, 0.15) is 0 Å². The van der Waals surface area contributed by atoms with Crippen LogP contribution in [-0.4, -0.2) is 49.5 Å². The van der Waals surface area contributed by atoms with E-state index in [0.717, 1.165) is 38.8 Å². The number of nitrogens with zero attached hydrogens (tertiary/aromatic N) is 1. The van der Waals surface area contributed by atoms with Crippen LogP contribution in [-0.2, 0) is 4.74 Å². The Kier molecular flexibility index (Phi) is 5.90. The Hall–Kier alpha value is -0.120. The standard InChI is InChI=1S/C14H29NO2/c1-14(2)8-7-12(16)11-13(14)15(3)9-5-6-10-17-4/h12-13,16H,5-11H2,1-4H3. The van der Waals surface area contributed by atoms with Crippen molar-refractivity contribution >= 4 is 0 Å². The average Bonchev–Trinajstić information content (AvgIpc) is 2.27. The van der Waals surface area contributed by atoms with Crippen molar-refractivity contribution in [2.75, 3.05) is 27.3 Å². The highest BCUT2D eigenvalue weighted by Crippen LogP contribution is 2.38. The molecule has 1 rings (SSSR count). The third-order valence-corrected chi connectivity index (χ3v) is 4.16. The van der Waals surface area contributed by atoms with Gasteiger partial charge >= 0.3 is 0 Å². The van der Waals surface area contributed by atoms with E-state index in [-0.39, 0.29) is 6.10 Å². The summed E-state index contributed by atoms with van der Waals surface area (Å²) < 4.78 is 5.07. The van der Waals surface area contributed by atoms with E-state index in [1.54, 1.807) is 7.11 Å². The monoisotopic (exact) mass is 243 g/mol. The van der Waals surface area contributed by atoms with Crippen molar-refractivity contribution in [3.63, 3.8) is 0 Å². The lowest BCUT2D eigenvalue weighted by Gasteiger charge is -2.45. The van der Waals surface area contributed by atoms with Crippen molar-refractivity contribution in [3.05, 3.63) is 0 Å². The highest BCUT2D eigenvalue weighted by molar-refractivity contribution is 4.91. The highest BCUT2D eigenvalue weighted by atomic mass is 16.5. The second-order valence-corrected chi connectivity index (χ2v) is 6.11. The zero-order chi connectivity index (χ0) is 12.9. The number of hydrogen-bond donors (Lipinski definition) is 1. The number of ether oxygens (including phenoxy) is 1. The van der Waals surface area contributed by atoms with Crippen molar-refractivity contribution in [3.8, 4) is 0 Å². The Balaban J connectivity index is 2.39. The molecule has 0 aromatic heterocycles. The molecule has 1 fully saturated rings. The third-order valence-electron chi connectivity index (χ3n) is 4.16. The summed E-state index contributed by atoms with van der Waals surface area (Å²) in [5.74, 6) is 0. The molecule has 2 atom stereocenters. The van der Waals surface area contributed by atoms with Gasteiger partial charge in [-0.15, -0.1) is 0 Å². The van der Waals surface area contributed by atoms with Gasteiger partial charge in [-0.3, -0.25) is 0 Å². The van der Waals surface area contributed by atoms with Crippen molar-refractivity contribution in [2.24, 2.45) is 5.41 Å². The van der Waals surface area contributed by atoms with E-state index in [1.165, 1.54) is 6.42 Å². The van der Waals surface area contributed by atoms with E-state index in [0.29, 0.717) is 11.5 Å². The van der Waals surface area contributed by atoms with E-state index < -0.39 is 0 Å². The summed E-state index contributed by atoms with van der Waals surface area (Å²) in [5.41, 5.74) is 0.329. The van der Waals surface area contributed by atoms with Crippen molar-refractivity contribution in [1.29, 1.82) is 0 Å². The van der Waals surface area contributed by atoms with Gasteiger partial charge in [0.05, 0.1) is 6.10 Å². The van der Waals surface area contributed by atoms with Crippen LogP contribution in [0.25, 0.3) is 0 Å². The summed E-state index contributed by atoms with van der Waals surface area (Å²) in [5, 5.41) is 9.82. The van der Waals surface area contributed by atoms with E-state index in [9.17, 15) is 5.11 Å². The molecule has 0 saturated heterocycles. The van der Waals surface area contributed by atoms with E-state index in [1.807, 2.05) is 0 Å². The first-order valence-electron chi connectivity index (χ1n) is 6.84. The first-order chi connectivity index (χ1) is 7.97. The van der Waals surface area contributed by atoms with Gasteiger partial charge in [-0.25, -0.2) is 0 Å². The topological polar surface area (TPSA) is 32.7 Å². The first kappa shape index (κ1) is 14.9. The maximum Gasteiger partial charge on any atom is 0.0555 e. The van der Waals surface area contributed by atoms with Gasteiger partial charge in [-0.1, -0.05) is 13.8 Å². The highest BCUT2D eigenvalue weighted by Gasteiger charge is 2.37. The van der Waals surface area contributed by atoms with Gasteiger partial charge in [0.15, 0.2) is 0 Å². The molecule has 1 saturated carbocycles. The molecule has 2 unspecified atom stereocenters. The minimum absolute atomic E-state index is 0.102. The van der Waals surface area contributed by atoms with Crippen LogP contribution in [0.5, 0.6) is 0 Å². The molecule has 0 spiro atoms. The summed E-state index contributed by atoms with van der Waals surface area (Å²) in [6.45, 7) is 6.61. The van der Waals surface area contributed by atoms with Crippen LogP contribution in [0.1, 0.15) is 46.0 Å². The molecular formula is C14H29NO2. The van der Waals surface area contributed by atoms with Crippen LogP contribution in [0.15, 0.2) is 0 Å². The predicted molar refractivity (Wildman–Crippen MR) is 71.2 cm³/mol. The summed E-state index contributed by atoms with van der Waals surface area (Å²) in [4.78, 5) is 2.43. The van der Waals surface area contributed by atoms with Gasteiger partial charge in [0.25, 0.3) is 0 Å². The lowest BCUT2D eigenvalue weighted by Crippen LogP contribution is -2.48. The minimum Gasteiger partial charge on any atom is -0.393 e. The van der Waals surface area contributed by atoms with Crippen LogP contribution >= 0.6 is 0 Å². The number of aliphatic hydroxyl groups excluding tert-OH is 1. The maximum atomic E-state index is 9.82. The first-order valence-corrected chi connectivity index (χ1v) is 6.84. The predicted octanol–water partition coefficient (Wildman–Crippen LogP) is 2.28. The van der Waals surface area contributed by atoms with Crippen LogP contribution in [0, 0.1) is 5.41 Å². The van der Waals surface area contributed by atoms with Crippen LogP contribution in [0.3, 0.4) is 0 Å². The zero-order valence-electron chi connectivity index (χ0n) is 11.9. The third kappa shape index (κ3) is 4.57. The zero-order valence-corrected chi connectivity index (χ0v) is 11.9. The second kappa shape index (κ2) is 6.72. The Bertz CT molecular complexity index is 218. The van der Waals surface area contributed by atoms with Crippen molar-refractivity contribution in [1.82, 2.24) is 4.90 Å². The van der Waals surface area contributed by atoms with Crippen LogP contribution < -0.4 is 0 Å². The Morgan fingerprint density at radius 1 is 1.35 bits per heavy atom. The van der Waals surface area contributed by atoms with Crippen molar-refractivity contribution < 1.29 is 9.84 Å². The summed E-state index contributed by atoms with van der Waals surface area (Å²) >= 11 is 0. The van der Waals surface area contributed by atoms with E-state index in [2.05, 4.69) is 25.8 Å². The lowest BCUT2D eigenvalue weighted by molar-refractivity contribution is -0.00204. The summed E-state index contributed by atoms with van der Waals surface area (Å²) in [6, 6.07) is 0.508. The number of hydrogen-bond acceptors (Lipinski definition) is 3. The van der Waals surface area contributed by atoms with Gasteiger partial charge in [-0.2, -0.15) is 0 Å². The summed E-state index contributed by atoms with van der Waals surface area (Å²) in [7, 11) is 3.95. The number of aliphatic hydroxyl groups is 1. The van der Waals surface area contributed by atoms with E-state index in [4.69, 9.17) is 4.74 Å². The smallest absolute Gasteiger partial charge is 0.0555 e.